The first kappa shape index (κ1) is 28.4. The minimum Gasteiger partial charge on any atom is -0.379 e. The molecule has 0 bridgehead atoms. The van der Waals surface area contributed by atoms with Gasteiger partial charge in [-0.25, -0.2) is 4.98 Å². The summed E-state index contributed by atoms with van der Waals surface area (Å²) in [5.74, 6) is -0.571. The molecule has 212 valence electrons. The van der Waals surface area contributed by atoms with Crippen LogP contribution < -0.4 is 16.6 Å². The molecule has 3 aromatic carbocycles. The van der Waals surface area contributed by atoms with E-state index >= 15 is 0 Å². The van der Waals surface area contributed by atoms with Gasteiger partial charge in [0.2, 0.25) is 5.91 Å². The summed E-state index contributed by atoms with van der Waals surface area (Å²) in [5, 5.41) is 3.44. The molecule has 0 radical (unpaired) electrons. The molecule has 3 N–H and O–H groups in total. The molecule has 5 rings (SSSR count). The van der Waals surface area contributed by atoms with Gasteiger partial charge in [0.15, 0.2) is 5.78 Å². The summed E-state index contributed by atoms with van der Waals surface area (Å²) in [6, 6.07) is 19.0. The van der Waals surface area contributed by atoms with Crippen molar-refractivity contribution in [1.29, 1.82) is 0 Å². The van der Waals surface area contributed by atoms with Gasteiger partial charge in [-0.3, -0.25) is 23.9 Å². The summed E-state index contributed by atoms with van der Waals surface area (Å²) in [6.07, 6.45) is 1.27. The highest BCUT2D eigenvalue weighted by atomic mass is 16.5. The van der Waals surface area contributed by atoms with Gasteiger partial charge >= 0.3 is 0 Å². The van der Waals surface area contributed by atoms with E-state index in [4.69, 9.17) is 10.5 Å². The predicted molar refractivity (Wildman–Crippen MR) is 159 cm³/mol. The second-order valence-corrected chi connectivity index (χ2v) is 10.5. The highest BCUT2D eigenvalue weighted by Gasteiger charge is 2.20. The minimum atomic E-state index is -0.471. The quantitative estimate of drug-likeness (QED) is 0.310. The number of hydrogen-bond acceptors (Lipinski definition) is 7. The molecule has 1 saturated heterocycles. The van der Waals surface area contributed by atoms with Crippen LogP contribution in [0.5, 0.6) is 0 Å². The molecule has 9 nitrogen and oxygen atoms in total. The van der Waals surface area contributed by atoms with Crippen molar-refractivity contribution in [2.75, 3.05) is 39.4 Å². The first-order chi connectivity index (χ1) is 19.8. The predicted octanol–water partition coefficient (Wildman–Crippen LogP) is 3.01. The number of benzene rings is 3. The van der Waals surface area contributed by atoms with E-state index in [1.165, 1.54) is 10.8 Å². The van der Waals surface area contributed by atoms with Crippen LogP contribution in [0.4, 0.5) is 0 Å². The van der Waals surface area contributed by atoms with Gasteiger partial charge in [-0.05, 0) is 59.9 Å². The summed E-state index contributed by atoms with van der Waals surface area (Å²) in [7, 11) is 0. The van der Waals surface area contributed by atoms with Crippen LogP contribution in [0.3, 0.4) is 0 Å². The second-order valence-electron chi connectivity index (χ2n) is 10.5. The van der Waals surface area contributed by atoms with Gasteiger partial charge in [0.05, 0.1) is 43.5 Å². The van der Waals surface area contributed by atoms with E-state index < -0.39 is 5.91 Å². The van der Waals surface area contributed by atoms with E-state index in [9.17, 15) is 14.4 Å². The smallest absolute Gasteiger partial charge is 0.269 e. The van der Waals surface area contributed by atoms with Crippen molar-refractivity contribution >= 4 is 22.7 Å². The van der Waals surface area contributed by atoms with E-state index in [1.54, 1.807) is 12.1 Å². The average Bonchev–Trinajstić information content (AvgIpc) is 2.98. The number of nitrogens with two attached hydrogens (primary N) is 1. The number of rotatable bonds is 10. The molecule has 1 amide bonds. The molecule has 4 aromatic rings. The van der Waals surface area contributed by atoms with Gasteiger partial charge < -0.3 is 15.8 Å². The first-order valence-corrected chi connectivity index (χ1v) is 13.8. The molecule has 9 heteroatoms. The number of aromatic nitrogens is 2. The van der Waals surface area contributed by atoms with Crippen LogP contribution in [0.25, 0.3) is 22.2 Å². The number of morpholine rings is 1. The normalized spacial score (nSPS) is 14.7. The Morgan fingerprint density at radius 1 is 1.02 bits per heavy atom. The van der Waals surface area contributed by atoms with Gasteiger partial charge in [0.25, 0.3) is 5.56 Å². The lowest BCUT2D eigenvalue weighted by atomic mass is 9.96. The monoisotopic (exact) mass is 553 g/mol. The van der Waals surface area contributed by atoms with Crippen LogP contribution in [-0.4, -0.2) is 65.5 Å². The van der Waals surface area contributed by atoms with Crippen LogP contribution in [0, 0.1) is 13.8 Å². The Kier molecular flexibility index (Phi) is 8.68. The number of hydrogen-bond donors (Lipinski definition) is 2. The summed E-state index contributed by atoms with van der Waals surface area (Å²) in [6.45, 7) is 7.71. The van der Waals surface area contributed by atoms with E-state index in [0.29, 0.717) is 36.4 Å². The molecule has 2 heterocycles. The maximum atomic E-state index is 13.2. The van der Waals surface area contributed by atoms with Crippen molar-refractivity contribution in [2.45, 2.75) is 26.4 Å². The second kappa shape index (κ2) is 12.6. The Labute approximate surface area is 238 Å². The maximum Gasteiger partial charge on any atom is 0.269 e. The Morgan fingerprint density at radius 2 is 1.73 bits per heavy atom. The zero-order valence-electron chi connectivity index (χ0n) is 23.4. The van der Waals surface area contributed by atoms with Crippen molar-refractivity contribution in [1.82, 2.24) is 19.8 Å². The molecule has 1 fully saturated rings. The molecule has 1 aromatic heterocycles. The zero-order valence-corrected chi connectivity index (χ0v) is 23.4. The average molecular weight is 554 g/mol. The third-order valence-corrected chi connectivity index (χ3v) is 7.70. The summed E-state index contributed by atoms with van der Waals surface area (Å²) >= 11 is 0. The fourth-order valence-corrected chi connectivity index (χ4v) is 5.23. The summed E-state index contributed by atoms with van der Waals surface area (Å²) < 4.78 is 7.02. The van der Waals surface area contributed by atoms with Gasteiger partial charge in [-0.15, -0.1) is 0 Å². The van der Waals surface area contributed by atoms with E-state index in [0.717, 1.165) is 40.9 Å². The Bertz CT molecular complexity index is 1620. The number of aryl methyl sites for hydroxylation is 2. The third kappa shape index (κ3) is 6.59. The van der Waals surface area contributed by atoms with Crippen molar-refractivity contribution in [3.05, 3.63) is 99.5 Å². The molecule has 0 saturated carbocycles. The number of fused-ring (bicyclic) bond motifs is 1. The van der Waals surface area contributed by atoms with E-state index in [-0.39, 0.29) is 30.5 Å². The number of carbonyl (C=O) groups is 2. The van der Waals surface area contributed by atoms with Crippen LogP contribution in [0.15, 0.2) is 71.7 Å². The Hall–Kier alpha value is -4.18. The molecule has 1 unspecified atom stereocenters. The van der Waals surface area contributed by atoms with Crippen LogP contribution in [0.2, 0.25) is 0 Å². The number of ether oxygens (including phenoxy) is 1. The number of nitrogens with zero attached hydrogens (tertiary/aromatic N) is 3. The molecule has 0 spiro atoms. The van der Waals surface area contributed by atoms with Crippen LogP contribution in [0.1, 0.15) is 33.1 Å². The lowest BCUT2D eigenvalue weighted by Gasteiger charge is -2.31. The number of primary amides is 1. The van der Waals surface area contributed by atoms with E-state index in [1.807, 2.05) is 62.4 Å². The molecular weight excluding hydrogens is 518 g/mol. The molecule has 1 aliphatic heterocycles. The Balaban J connectivity index is 1.35. The van der Waals surface area contributed by atoms with Crippen molar-refractivity contribution in [2.24, 2.45) is 5.73 Å². The van der Waals surface area contributed by atoms with Crippen molar-refractivity contribution in [3.63, 3.8) is 0 Å². The van der Waals surface area contributed by atoms with Crippen LogP contribution >= 0.6 is 0 Å². The number of carbonyl (C=O) groups excluding carboxylic acids is 2. The molecule has 41 heavy (non-hydrogen) atoms. The number of nitrogens with one attached hydrogen (secondary N) is 1. The Morgan fingerprint density at radius 3 is 2.46 bits per heavy atom. The molecule has 1 atom stereocenters. The molecule has 0 aliphatic carbocycles. The van der Waals surface area contributed by atoms with Gasteiger partial charge in [0, 0.05) is 31.2 Å². The fraction of sp³-hybridized carbons (Fsp3) is 0.312. The number of amides is 1. The minimum absolute atomic E-state index is 0.0412. The number of Topliss-reactive ketones (excluding diaryl/α,β-unsaturated/α-hetero) is 1. The maximum absolute atomic E-state index is 13.2. The summed E-state index contributed by atoms with van der Waals surface area (Å²) in [5.41, 5.74) is 11.9. The SMILES string of the molecule is Cc1cc2ncc(=O)n(CC(=O)CNC(CN3CCOCC3)c3ccc(-c4ccccc4C(N)=O)cc3)c2cc1C. The highest BCUT2D eigenvalue weighted by Crippen LogP contribution is 2.26. The van der Waals surface area contributed by atoms with Gasteiger partial charge in [-0.2, -0.15) is 0 Å². The lowest BCUT2D eigenvalue weighted by Crippen LogP contribution is -2.43. The van der Waals surface area contributed by atoms with Crippen molar-refractivity contribution in [3.8, 4) is 11.1 Å². The standard InChI is InChI=1S/C32H35N5O4/c1-21-15-28-30(16-22(21)2)37(31(39)18-35-28)19-25(38)17-34-29(20-36-11-13-41-14-12-36)24-9-7-23(8-10-24)26-5-3-4-6-27(26)32(33)40/h3-10,15-16,18,29,34H,11-14,17,19-20H2,1-2H3,(H2,33,40). The highest BCUT2D eigenvalue weighted by molar-refractivity contribution is 5.99. The van der Waals surface area contributed by atoms with Crippen molar-refractivity contribution < 1.29 is 14.3 Å². The topological polar surface area (TPSA) is 120 Å². The lowest BCUT2D eigenvalue weighted by molar-refractivity contribution is -0.119. The third-order valence-electron chi connectivity index (χ3n) is 7.70. The first-order valence-electron chi connectivity index (χ1n) is 13.8. The summed E-state index contributed by atoms with van der Waals surface area (Å²) in [4.78, 5) is 44.4. The molecule has 1 aliphatic rings. The van der Waals surface area contributed by atoms with Gasteiger partial charge in [0.1, 0.15) is 0 Å². The largest absolute Gasteiger partial charge is 0.379 e. The van der Waals surface area contributed by atoms with Crippen LogP contribution in [-0.2, 0) is 16.1 Å². The fourth-order valence-electron chi connectivity index (χ4n) is 5.23. The zero-order chi connectivity index (χ0) is 28.9. The van der Waals surface area contributed by atoms with Gasteiger partial charge in [-0.1, -0.05) is 42.5 Å². The number of ketones is 1. The molecular formula is C32H35N5O4. The van der Waals surface area contributed by atoms with E-state index in [2.05, 4.69) is 15.2 Å².